The van der Waals surface area contributed by atoms with Gasteiger partial charge in [0.25, 0.3) is 0 Å². The van der Waals surface area contributed by atoms with Crippen LogP contribution in [0.25, 0.3) is 6.08 Å². The predicted octanol–water partition coefficient (Wildman–Crippen LogP) is 5.73. The van der Waals surface area contributed by atoms with Crippen LogP contribution in [0.4, 0.5) is 0 Å². The Balaban J connectivity index is 1.40. The van der Waals surface area contributed by atoms with Gasteiger partial charge in [-0.3, -0.25) is 4.79 Å². The molecule has 4 bridgehead atoms. The minimum absolute atomic E-state index is 0.0192. The van der Waals surface area contributed by atoms with E-state index >= 15 is 0 Å². The number of amides is 1. The van der Waals surface area contributed by atoms with Crippen molar-refractivity contribution >= 4 is 35.2 Å². The molecule has 1 aromatic carbocycles. The highest BCUT2D eigenvalue weighted by Crippen LogP contribution is 2.61. The average Bonchev–Trinajstić information content (AvgIpc) is 2.54. The summed E-state index contributed by atoms with van der Waals surface area (Å²) in [5.74, 6) is 2.68. The van der Waals surface area contributed by atoms with Crippen molar-refractivity contribution in [3.63, 3.8) is 0 Å². The molecule has 5 rings (SSSR count). The maximum absolute atomic E-state index is 12.4. The van der Waals surface area contributed by atoms with Gasteiger partial charge in [-0.05, 0) is 92.4 Å². The van der Waals surface area contributed by atoms with Gasteiger partial charge in [-0.1, -0.05) is 29.3 Å². The van der Waals surface area contributed by atoms with E-state index in [1.54, 1.807) is 24.3 Å². The van der Waals surface area contributed by atoms with Crippen LogP contribution in [0.3, 0.4) is 0 Å². The highest BCUT2D eigenvalue weighted by atomic mass is 35.5. The smallest absolute Gasteiger partial charge is 0.244 e. The Hall–Kier alpha value is -0.990. The number of hydrogen-bond donors (Lipinski definition) is 1. The lowest BCUT2D eigenvalue weighted by Gasteiger charge is -2.59. The molecule has 0 saturated heterocycles. The van der Waals surface area contributed by atoms with Crippen LogP contribution in [0.5, 0.6) is 0 Å². The third-order valence-electron chi connectivity index (χ3n) is 6.73. The van der Waals surface area contributed by atoms with Crippen LogP contribution in [0.15, 0.2) is 24.3 Å². The molecule has 0 radical (unpaired) electrons. The lowest BCUT2D eigenvalue weighted by molar-refractivity contribution is -0.121. The van der Waals surface area contributed by atoms with Crippen molar-refractivity contribution in [2.45, 2.75) is 51.5 Å². The van der Waals surface area contributed by atoms with Gasteiger partial charge < -0.3 is 5.32 Å². The summed E-state index contributed by atoms with van der Waals surface area (Å²) in [4.78, 5) is 12.4. The fourth-order valence-corrected chi connectivity index (χ4v) is 6.22. The molecule has 4 heteroatoms. The average molecular weight is 378 g/mol. The van der Waals surface area contributed by atoms with Gasteiger partial charge in [0.1, 0.15) is 0 Å². The first-order chi connectivity index (χ1) is 11.9. The zero-order valence-electron chi connectivity index (χ0n) is 14.6. The molecule has 4 saturated carbocycles. The topological polar surface area (TPSA) is 29.1 Å². The monoisotopic (exact) mass is 377 g/mol. The third kappa shape index (κ3) is 3.48. The summed E-state index contributed by atoms with van der Waals surface area (Å²) < 4.78 is 0. The van der Waals surface area contributed by atoms with Crippen molar-refractivity contribution in [1.29, 1.82) is 0 Å². The van der Waals surface area contributed by atoms with Gasteiger partial charge in [0.15, 0.2) is 0 Å². The molecule has 0 unspecified atom stereocenters. The second kappa shape index (κ2) is 6.63. The first kappa shape index (κ1) is 17.4. The van der Waals surface area contributed by atoms with Crippen LogP contribution in [-0.4, -0.2) is 11.9 Å². The van der Waals surface area contributed by atoms with Crippen LogP contribution < -0.4 is 5.32 Å². The first-order valence-electron chi connectivity index (χ1n) is 9.37. The fraction of sp³-hybridized carbons (Fsp3) is 0.571. The molecule has 1 amide bonds. The Kier molecular flexibility index (Phi) is 4.62. The highest BCUT2D eigenvalue weighted by molar-refractivity contribution is 6.42. The molecule has 1 N–H and O–H groups in total. The Labute approximate surface area is 160 Å². The standard InChI is InChI=1S/C21H25Cl2NO/c1-13(21-10-15-6-16(11-21)8-17(7-15)12-21)24-20(25)5-3-14-2-4-18(22)19(23)9-14/h2-5,9,13,15-17H,6-8,10-12H2,1H3,(H,24,25)/b5-3+/t13-,15?,16?,17?,21?/m0/s1. The maximum atomic E-state index is 12.4. The summed E-state index contributed by atoms with van der Waals surface area (Å²) in [5, 5.41) is 4.28. The lowest BCUT2D eigenvalue weighted by atomic mass is 9.48. The number of hydrogen-bond acceptors (Lipinski definition) is 1. The Morgan fingerprint density at radius 3 is 2.28 bits per heavy atom. The Morgan fingerprint density at radius 2 is 1.72 bits per heavy atom. The number of carbonyl (C=O) groups excluding carboxylic acids is 1. The van der Waals surface area contributed by atoms with Crippen molar-refractivity contribution in [1.82, 2.24) is 5.32 Å². The summed E-state index contributed by atoms with van der Waals surface area (Å²) in [6.07, 6.45) is 11.6. The summed E-state index contributed by atoms with van der Waals surface area (Å²) in [6, 6.07) is 5.63. The van der Waals surface area contributed by atoms with E-state index in [0.29, 0.717) is 15.5 Å². The summed E-state index contributed by atoms with van der Waals surface area (Å²) in [6.45, 7) is 2.21. The molecular weight excluding hydrogens is 353 g/mol. The molecule has 1 atom stereocenters. The zero-order chi connectivity index (χ0) is 17.6. The van der Waals surface area contributed by atoms with Crippen molar-refractivity contribution in [3.8, 4) is 0 Å². The van der Waals surface area contributed by atoms with E-state index in [4.69, 9.17) is 23.2 Å². The van der Waals surface area contributed by atoms with Gasteiger partial charge in [-0.25, -0.2) is 0 Å². The van der Waals surface area contributed by atoms with Gasteiger partial charge in [0.05, 0.1) is 10.0 Å². The van der Waals surface area contributed by atoms with Crippen LogP contribution in [0.1, 0.15) is 51.0 Å². The van der Waals surface area contributed by atoms with Crippen LogP contribution in [0.2, 0.25) is 10.0 Å². The van der Waals surface area contributed by atoms with Gasteiger partial charge >= 0.3 is 0 Å². The van der Waals surface area contributed by atoms with E-state index in [2.05, 4.69) is 12.2 Å². The van der Waals surface area contributed by atoms with E-state index in [1.807, 2.05) is 6.07 Å². The fourth-order valence-electron chi connectivity index (χ4n) is 5.91. The number of benzene rings is 1. The van der Waals surface area contributed by atoms with Gasteiger partial charge in [0, 0.05) is 12.1 Å². The Morgan fingerprint density at radius 1 is 1.12 bits per heavy atom. The summed E-state index contributed by atoms with van der Waals surface area (Å²) in [5.41, 5.74) is 1.22. The van der Waals surface area contributed by atoms with E-state index in [0.717, 1.165) is 23.3 Å². The second-order valence-corrected chi connectivity index (χ2v) is 9.33. The van der Waals surface area contributed by atoms with Gasteiger partial charge in [-0.15, -0.1) is 0 Å². The molecule has 0 heterocycles. The molecule has 134 valence electrons. The van der Waals surface area contributed by atoms with Gasteiger partial charge in [-0.2, -0.15) is 0 Å². The zero-order valence-corrected chi connectivity index (χ0v) is 16.1. The van der Waals surface area contributed by atoms with Crippen molar-refractivity contribution < 1.29 is 4.79 Å². The van der Waals surface area contributed by atoms with E-state index in [-0.39, 0.29) is 11.9 Å². The summed E-state index contributed by atoms with van der Waals surface area (Å²) >= 11 is 12.0. The maximum Gasteiger partial charge on any atom is 0.244 e. The van der Waals surface area contributed by atoms with Crippen molar-refractivity contribution in [2.24, 2.45) is 23.2 Å². The molecule has 0 spiro atoms. The molecule has 0 aliphatic heterocycles. The van der Waals surface area contributed by atoms with Crippen molar-refractivity contribution in [3.05, 3.63) is 39.9 Å². The van der Waals surface area contributed by atoms with Crippen LogP contribution >= 0.6 is 23.2 Å². The third-order valence-corrected chi connectivity index (χ3v) is 7.47. The molecule has 25 heavy (non-hydrogen) atoms. The SMILES string of the molecule is C[C@H](NC(=O)/C=C/c1ccc(Cl)c(Cl)c1)C12CC3CC(CC(C3)C1)C2. The minimum atomic E-state index is -0.0192. The quantitative estimate of drug-likeness (QED) is 0.667. The van der Waals surface area contributed by atoms with E-state index in [9.17, 15) is 4.79 Å². The molecule has 0 aromatic heterocycles. The molecular formula is C21H25Cl2NO. The molecule has 2 nitrogen and oxygen atoms in total. The van der Waals surface area contributed by atoms with Crippen LogP contribution in [0, 0.1) is 23.2 Å². The van der Waals surface area contributed by atoms with E-state index in [1.165, 1.54) is 38.5 Å². The second-order valence-electron chi connectivity index (χ2n) is 8.52. The van der Waals surface area contributed by atoms with Crippen molar-refractivity contribution in [2.75, 3.05) is 0 Å². The lowest BCUT2D eigenvalue weighted by Crippen LogP contribution is -2.55. The first-order valence-corrected chi connectivity index (χ1v) is 10.1. The normalized spacial score (nSPS) is 34.4. The molecule has 4 aliphatic rings. The number of carbonyl (C=O) groups is 1. The minimum Gasteiger partial charge on any atom is -0.350 e. The number of rotatable bonds is 4. The van der Waals surface area contributed by atoms with E-state index < -0.39 is 0 Å². The highest BCUT2D eigenvalue weighted by Gasteiger charge is 2.53. The number of halogens is 2. The molecule has 4 fully saturated rings. The Bertz CT molecular complexity index is 677. The summed E-state index contributed by atoms with van der Waals surface area (Å²) in [7, 11) is 0. The molecule has 4 aliphatic carbocycles. The van der Waals surface area contributed by atoms with Gasteiger partial charge in [0.2, 0.25) is 5.91 Å². The van der Waals surface area contributed by atoms with Crippen LogP contribution in [-0.2, 0) is 4.79 Å². The predicted molar refractivity (Wildman–Crippen MR) is 104 cm³/mol. The molecule has 1 aromatic rings. The number of nitrogens with one attached hydrogen (secondary N) is 1. The largest absolute Gasteiger partial charge is 0.350 e.